The van der Waals surface area contributed by atoms with Crippen molar-refractivity contribution in [1.82, 2.24) is 4.90 Å². The number of nitriles is 1. The minimum atomic E-state index is -0.749. The molecule has 18 heavy (non-hydrogen) atoms. The van der Waals surface area contributed by atoms with E-state index < -0.39 is 5.41 Å². The Hall–Kier alpha value is -1.08. The van der Waals surface area contributed by atoms with Crippen LogP contribution < -0.4 is 0 Å². The second-order valence-electron chi connectivity index (χ2n) is 5.37. The van der Waals surface area contributed by atoms with Crippen molar-refractivity contribution in [3.63, 3.8) is 0 Å². The highest BCUT2D eigenvalue weighted by Gasteiger charge is 2.41. The van der Waals surface area contributed by atoms with Crippen molar-refractivity contribution in [2.45, 2.75) is 44.9 Å². The number of rotatable bonds is 1. The molecule has 0 bridgehead atoms. The molecule has 0 atom stereocenters. The van der Waals surface area contributed by atoms with Crippen molar-refractivity contribution in [2.24, 2.45) is 5.41 Å². The standard InChI is InChI=1S/C14H22N2O2/c15-12-14(6-3-1-2-4-7-14)13(17)16-8-5-10-18-11-9-16/h1-11H2. The molecule has 1 heterocycles. The van der Waals surface area contributed by atoms with Gasteiger partial charge in [-0.3, -0.25) is 4.79 Å². The van der Waals surface area contributed by atoms with E-state index in [0.29, 0.717) is 13.2 Å². The molecular formula is C14H22N2O2. The minimum absolute atomic E-state index is 0.0531. The minimum Gasteiger partial charge on any atom is -0.380 e. The molecule has 0 spiro atoms. The highest BCUT2D eigenvalue weighted by atomic mass is 16.5. The summed E-state index contributed by atoms with van der Waals surface area (Å²) < 4.78 is 5.38. The lowest BCUT2D eigenvalue weighted by Crippen LogP contribution is -2.44. The van der Waals surface area contributed by atoms with Crippen LogP contribution in [0.15, 0.2) is 0 Å². The summed E-state index contributed by atoms with van der Waals surface area (Å²) in [6.07, 6.45) is 6.67. The molecule has 2 fully saturated rings. The van der Waals surface area contributed by atoms with Gasteiger partial charge in [0.25, 0.3) is 0 Å². The summed E-state index contributed by atoms with van der Waals surface area (Å²) in [6.45, 7) is 2.71. The summed E-state index contributed by atoms with van der Waals surface area (Å²) in [4.78, 5) is 14.5. The van der Waals surface area contributed by atoms with E-state index in [2.05, 4.69) is 6.07 Å². The Morgan fingerprint density at radius 3 is 2.44 bits per heavy atom. The number of carbonyl (C=O) groups excluding carboxylic acids is 1. The van der Waals surface area contributed by atoms with Gasteiger partial charge in [-0.25, -0.2) is 0 Å². The predicted molar refractivity (Wildman–Crippen MR) is 67.8 cm³/mol. The first-order chi connectivity index (χ1) is 8.78. The summed E-state index contributed by atoms with van der Waals surface area (Å²) in [7, 11) is 0. The monoisotopic (exact) mass is 250 g/mol. The Labute approximate surface area is 109 Å². The van der Waals surface area contributed by atoms with E-state index in [1.54, 1.807) is 0 Å². The van der Waals surface area contributed by atoms with E-state index in [4.69, 9.17) is 4.74 Å². The first-order valence-electron chi connectivity index (χ1n) is 7.07. The van der Waals surface area contributed by atoms with Crippen molar-refractivity contribution in [2.75, 3.05) is 26.3 Å². The van der Waals surface area contributed by atoms with E-state index in [0.717, 1.165) is 58.1 Å². The smallest absolute Gasteiger partial charge is 0.243 e. The maximum absolute atomic E-state index is 12.7. The number of amides is 1. The predicted octanol–water partition coefficient (Wildman–Crippen LogP) is 2.10. The number of hydrogen-bond donors (Lipinski definition) is 0. The zero-order valence-electron chi connectivity index (χ0n) is 11.0. The molecule has 1 aliphatic heterocycles. The first-order valence-corrected chi connectivity index (χ1v) is 7.07. The molecule has 1 saturated heterocycles. The molecule has 2 rings (SSSR count). The molecule has 1 aliphatic carbocycles. The third-order valence-electron chi connectivity index (χ3n) is 4.09. The normalized spacial score (nSPS) is 24.7. The van der Waals surface area contributed by atoms with Gasteiger partial charge < -0.3 is 9.64 Å². The quantitative estimate of drug-likeness (QED) is 0.670. The number of hydrogen-bond acceptors (Lipinski definition) is 3. The van der Waals surface area contributed by atoms with Crippen LogP contribution in [0.2, 0.25) is 0 Å². The van der Waals surface area contributed by atoms with Gasteiger partial charge in [0.1, 0.15) is 5.41 Å². The van der Waals surface area contributed by atoms with Gasteiger partial charge in [0.15, 0.2) is 0 Å². The van der Waals surface area contributed by atoms with Crippen LogP contribution in [0, 0.1) is 16.7 Å². The molecular weight excluding hydrogens is 228 g/mol. The van der Waals surface area contributed by atoms with Crippen LogP contribution in [0.25, 0.3) is 0 Å². The van der Waals surface area contributed by atoms with Gasteiger partial charge in [0.05, 0.1) is 12.7 Å². The fourth-order valence-electron chi connectivity index (χ4n) is 2.96. The molecule has 0 aromatic heterocycles. The molecule has 0 aromatic carbocycles. The Balaban J connectivity index is 2.10. The van der Waals surface area contributed by atoms with Gasteiger partial charge in [0.2, 0.25) is 5.91 Å². The lowest BCUT2D eigenvalue weighted by Gasteiger charge is -2.30. The SMILES string of the molecule is N#CC1(C(=O)N2CCCOCC2)CCCCCC1. The molecule has 0 N–H and O–H groups in total. The van der Waals surface area contributed by atoms with Crippen LogP contribution in [-0.2, 0) is 9.53 Å². The van der Waals surface area contributed by atoms with Crippen molar-refractivity contribution >= 4 is 5.91 Å². The fraction of sp³-hybridized carbons (Fsp3) is 0.857. The topological polar surface area (TPSA) is 53.3 Å². The average Bonchev–Trinajstić information content (AvgIpc) is 2.81. The summed E-state index contributed by atoms with van der Waals surface area (Å²) >= 11 is 0. The van der Waals surface area contributed by atoms with E-state index in [1.165, 1.54) is 0 Å². The second kappa shape index (κ2) is 6.19. The maximum Gasteiger partial charge on any atom is 0.243 e. The van der Waals surface area contributed by atoms with Crippen LogP contribution in [0.5, 0.6) is 0 Å². The highest BCUT2D eigenvalue weighted by molar-refractivity contribution is 5.85. The van der Waals surface area contributed by atoms with Crippen molar-refractivity contribution in [3.8, 4) is 6.07 Å². The average molecular weight is 250 g/mol. The summed E-state index contributed by atoms with van der Waals surface area (Å²) in [5.74, 6) is 0.0531. The maximum atomic E-state index is 12.7. The van der Waals surface area contributed by atoms with Gasteiger partial charge in [-0.05, 0) is 19.3 Å². The molecule has 1 amide bonds. The zero-order valence-corrected chi connectivity index (χ0v) is 11.0. The third kappa shape index (κ3) is 2.84. The van der Waals surface area contributed by atoms with Crippen molar-refractivity contribution in [1.29, 1.82) is 5.26 Å². The second-order valence-corrected chi connectivity index (χ2v) is 5.37. The third-order valence-corrected chi connectivity index (χ3v) is 4.09. The Bertz CT molecular complexity index is 319. The molecule has 2 aliphatic rings. The summed E-state index contributed by atoms with van der Waals surface area (Å²) in [6, 6.07) is 2.34. The lowest BCUT2D eigenvalue weighted by atomic mass is 9.80. The Morgan fingerprint density at radius 1 is 1.06 bits per heavy atom. The Morgan fingerprint density at radius 2 is 1.78 bits per heavy atom. The number of nitrogens with zero attached hydrogens (tertiary/aromatic N) is 2. The van der Waals surface area contributed by atoms with Gasteiger partial charge in [-0.1, -0.05) is 25.7 Å². The summed E-state index contributed by atoms with van der Waals surface area (Å²) in [5, 5.41) is 9.51. The molecule has 100 valence electrons. The van der Waals surface area contributed by atoms with Crippen LogP contribution >= 0.6 is 0 Å². The first kappa shape index (κ1) is 13.4. The molecule has 1 saturated carbocycles. The summed E-state index contributed by atoms with van der Waals surface area (Å²) in [5.41, 5.74) is -0.749. The molecule has 4 heteroatoms. The number of ether oxygens (including phenoxy) is 1. The van der Waals surface area contributed by atoms with E-state index in [-0.39, 0.29) is 5.91 Å². The molecule has 0 aromatic rings. The van der Waals surface area contributed by atoms with E-state index >= 15 is 0 Å². The fourth-order valence-corrected chi connectivity index (χ4v) is 2.96. The zero-order chi connectivity index (χ0) is 12.8. The van der Waals surface area contributed by atoms with Gasteiger partial charge in [-0.2, -0.15) is 5.26 Å². The van der Waals surface area contributed by atoms with Crippen molar-refractivity contribution in [3.05, 3.63) is 0 Å². The number of carbonyl (C=O) groups is 1. The molecule has 4 nitrogen and oxygen atoms in total. The van der Waals surface area contributed by atoms with E-state index in [9.17, 15) is 10.1 Å². The van der Waals surface area contributed by atoms with Gasteiger partial charge >= 0.3 is 0 Å². The lowest BCUT2D eigenvalue weighted by molar-refractivity contribution is -0.139. The van der Waals surface area contributed by atoms with Crippen LogP contribution in [0.1, 0.15) is 44.9 Å². The van der Waals surface area contributed by atoms with Crippen molar-refractivity contribution < 1.29 is 9.53 Å². The van der Waals surface area contributed by atoms with Gasteiger partial charge in [0, 0.05) is 19.7 Å². The van der Waals surface area contributed by atoms with Gasteiger partial charge in [-0.15, -0.1) is 0 Å². The molecule has 0 unspecified atom stereocenters. The molecule has 0 radical (unpaired) electrons. The van der Waals surface area contributed by atoms with Crippen LogP contribution in [0.4, 0.5) is 0 Å². The Kier molecular flexibility index (Phi) is 4.60. The van der Waals surface area contributed by atoms with Crippen LogP contribution in [0.3, 0.4) is 0 Å². The largest absolute Gasteiger partial charge is 0.380 e. The van der Waals surface area contributed by atoms with Crippen LogP contribution in [-0.4, -0.2) is 37.1 Å². The highest BCUT2D eigenvalue weighted by Crippen LogP contribution is 2.36. The van der Waals surface area contributed by atoms with E-state index in [1.807, 2.05) is 4.90 Å².